The van der Waals surface area contributed by atoms with Crippen LogP contribution in [-0.2, 0) is 4.79 Å². The maximum absolute atomic E-state index is 11.9. The van der Waals surface area contributed by atoms with Gasteiger partial charge in [0.2, 0.25) is 5.91 Å². The molecule has 1 aliphatic heterocycles. The number of amides is 1. The van der Waals surface area contributed by atoms with Crippen molar-refractivity contribution in [1.82, 2.24) is 0 Å². The van der Waals surface area contributed by atoms with Gasteiger partial charge in [-0.15, -0.1) is 0 Å². The summed E-state index contributed by atoms with van der Waals surface area (Å²) in [5.41, 5.74) is 7.66. The van der Waals surface area contributed by atoms with Gasteiger partial charge in [-0.3, -0.25) is 4.79 Å². The van der Waals surface area contributed by atoms with Crippen molar-refractivity contribution >= 4 is 17.3 Å². The Morgan fingerprint density at radius 1 is 1.35 bits per heavy atom. The van der Waals surface area contributed by atoms with Crippen molar-refractivity contribution in [1.29, 1.82) is 0 Å². The number of hydrogen-bond donors (Lipinski definition) is 2. The summed E-state index contributed by atoms with van der Waals surface area (Å²) >= 11 is 0. The summed E-state index contributed by atoms with van der Waals surface area (Å²) in [6.07, 6.45) is 3.65. The van der Waals surface area contributed by atoms with Crippen LogP contribution in [0.4, 0.5) is 11.4 Å². The molecule has 1 amide bonds. The number of benzene rings is 1. The van der Waals surface area contributed by atoms with E-state index in [1.165, 1.54) is 18.5 Å². The molecule has 2 rings (SSSR count). The highest BCUT2D eigenvalue weighted by molar-refractivity contribution is 5.91. The van der Waals surface area contributed by atoms with Crippen LogP contribution in [0, 0.1) is 0 Å². The first kappa shape index (κ1) is 14.9. The summed E-state index contributed by atoms with van der Waals surface area (Å²) in [5.74, 6) is 0.0297. The van der Waals surface area contributed by atoms with Crippen molar-refractivity contribution in [2.24, 2.45) is 5.73 Å². The van der Waals surface area contributed by atoms with Gasteiger partial charge in [-0.25, -0.2) is 0 Å². The fraction of sp³-hybridized carbons (Fsp3) is 0.562. The topological polar surface area (TPSA) is 58.4 Å². The van der Waals surface area contributed by atoms with Crippen LogP contribution in [0.1, 0.15) is 39.5 Å². The molecule has 1 heterocycles. The van der Waals surface area contributed by atoms with Crippen molar-refractivity contribution in [2.75, 3.05) is 23.3 Å². The average Bonchev–Trinajstić information content (AvgIpc) is 2.90. The highest BCUT2D eigenvalue weighted by Gasteiger charge is 2.15. The number of nitrogens with two attached hydrogens (primary N) is 1. The van der Waals surface area contributed by atoms with Gasteiger partial charge in [0.15, 0.2) is 0 Å². The zero-order valence-electron chi connectivity index (χ0n) is 12.5. The molecule has 0 spiro atoms. The molecule has 0 radical (unpaired) electrons. The first-order chi connectivity index (χ1) is 9.44. The highest BCUT2D eigenvalue weighted by Crippen LogP contribution is 2.23. The van der Waals surface area contributed by atoms with Crippen LogP contribution in [0.3, 0.4) is 0 Å². The van der Waals surface area contributed by atoms with Crippen LogP contribution in [-0.4, -0.2) is 24.5 Å². The summed E-state index contributed by atoms with van der Waals surface area (Å²) < 4.78 is 0. The molecule has 0 saturated carbocycles. The second-order valence-corrected chi connectivity index (χ2v) is 6.28. The van der Waals surface area contributed by atoms with Gasteiger partial charge in [0, 0.05) is 36.4 Å². The number of anilines is 2. The molecule has 20 heavy (non-hydrogen) atoms. The summed E-state index contributed by atoms with van der Waals surface area (Å²) in [4.78, 5) is 14.3. The molecule has 4 nitrogen and oxygen atoms in total. The standard InChI is InChI=1S/C16H25N3O/c1-16(2,17)9-8-15(20)18-13-6-5-7-14(12-13)19-10-3-4-11-19/h5-7,12H,3-4,8-11,17H2,1-2H3,(H,18,20). The molecule has 0 bridgehead atoms. The van der Waals surface area contributed by atoms with Crippen molar-refractivity contribution in [3.8, 4) is 0 Å². The second kappa shape index (κ2) is 6.27. The lowest BCUT2D eigenvalue weighted by atomic mass is 10.00. The van der Waals surface area contributed by atoms with Crippen LogP contribution >= 0.6 is 0 Å². The van der Waals surface area contributed by atoms with E-state index in [1.54, 1.807) is 0 Å². The molecule has 1 fully saturated rings. The molecule has 0 unspecified atom stereocenters. The first-order valence-corrected chi connectivity index (χ1v) is 7.38. The molecule has 0 atom stereocenters. The third-order valence-electron chi connectivity index (χ3n) is 3.60. The van der Waals surface area contributed by atoms with Gasteiger partial charge in [-0.2, -0.15) is 0 Å². The Morgan fingerprint density at radius 3 is 2.70 bits per heavy atom. The van der Waals surface area contributed by atoms with E-state index in [0.29, 0.717) is 12.8 Å². The first-order valence-electron chi connectivity index (χ1n) is 7.38. The second-order valence-electron chi connectivity index (χ2n) is 6.28. The minimum absolute atomic E-state index is 0.0297. The fourth-order valence-corrected chi connectivity index (χ4v) is 2.41. The number of nitrogens with zero attached hydrogens (tertiary/aromatic N) is 1. The van der Waals surface area contributed by atoms with E-state index in [0.717, 1.165) is 18.8 Å². The molecule has 1 aliphatic rings. The summed E-state index contributed by atoms with van der Waals surface area (Å²) in [6, 6.07) is 8.09. The smallest absolute Gasteiger partial charge is 0.224 e. The number of carbonyl (C=O) groups excluding carboxylic acids is 1. The Morgan fingerprint density at radius 2 is 2.05 bits per heavy atom. The van der Waals surface area contributed by atoms with Crippen LogP contribution in [0.25, 0.3) is 0 Å². The third-order valence-corrected chi connectivity index (χ3v) is 3.60. The van der Waals surface area contributed by atoms with Crippen LogP contribution < -0.4 is 16.0 Å². The molecule has 0 aromatic heterocycles. The van der Waals surface area contributed by atoms with Gasteiger partial charge in [-0.1, -0.05) is 6.07 Å². The maximum atomic E-state index is 11.9. The van der Waals surface area contributed by atoms with Crippen molar-refractivity contribution in [2.45, 2.75) is 45.1 Å². The molecular weight excluding hydrogens is 250 g/mol. The molecule has 1 saturated heterocycles. The lowest BCUT2D eigenvalue weighted by molar-refractivity contribution is -0.116. The maximum Gasteiger partial charge on any atom is 0.224 e. The van der Waals surface area contributed by atoms with Gasteiger partial charge in [0.1, 0.15) is 0 Å². The van der Waals surface area contributed by atoms with Gasteiger partial charge in [-0.05, 0) is 51.3 Å². The van der Waals surface area contributed by atoms with E-state index in [9.17, 15) is 4.79 Å². The lowest BCUT2D eigenvalue weighted by Gasteiger charge is -2.19. The molecular formula is C16H25N3O. The van der Waals surface area contributed by atoms with E-state index in [4.69, 9.17) is 5.73 Å². The molecule has 110 valence electrons. The Kier molecular flexibility index (Phi) is 4.65. The Labute approximate surface area is 121 Å². The van der Waals surface area contributed by atoms with Crippen LogP contribution in [0.5, 0.6) is 0 Å². The van der Waals surface area contributed by atoms with E-state index < -0.39 is 0 Å². The van der Waals surface area contributed by atoms with Gasteiger partial charge in [0.25, 0.3) is 0 Å². The van der Waals surface area contributed by atoms with E-state index >= 15 is 0 Å². The van der Waals surface area contributed by atoms with Gasteiger partial charge < -0.3 is 16.0 Å². The molecule has 1 aromatic rings. The van der Waals surface area contributed by atoms with Gasteiger partial charge in [0.05, 0.1) is 0 Å². The van der Waals surface area contributed by atoms with E-state index in [-0.39, 0.29) is 11.4 Å². The minimum Gasteiger partial charge on any atom is -0.371 e. The Hall–Kier alpha value is -1.55. The van der Waals surface area contributed by atoms with Crippen molar-refractivity contribution in [3.63, 3.8) is 0 Å². The zero-order chi connectivity index (χ0) is 14.6. The Balaban J connectivity index is 1.92. The number of carbonyl (C=O) groups is 1. The predicted molar refractivity (Wildman–Crippen MR) is 84.0 cm³/mol. The van der Waals surface area contributed by atoms with Crippen LogP contribution in [0.2, 0.25) is 0 Å². The summed E-state index contributed by atoms with van der Waals surface area (Å²) in [5, 5.41) is 2.96. The van der Waals surface area contributed by atoms with E-state index in [2.05, 4.69) is 22.3 Å². The van der Waals surface area contributed by atoms with Crippen LogP contribution in [0.15, 0.2) is 24.3 Å². The third kappa shape index (κ3) is 4.53. The van der Waals surface area contributed by atoms with Crippen molar-refractivity contribution in [3.05, 3.63) is 24.3 Å². The van der Waals surface area contributed by atoms with Gasteiger partial charge >= 0.3 is 0 Å². The fourth-order valence-electron chi connectivity index (χ4n) is 2.41. The number of rotatable bonds is 5. The normalized spacial score (nSPS) is 15.4. The summed E-state index contributed by atoms with van der Waals surface area (Å²) in [6.45, 7) is 6.10. The van der Waals surface area contributed by atoms with Crippen molar-refractivity contribution < 1.29 is 4.79 Å². The zero-order valence-corrected chi connectivity index (χ0v) is 12.5. The average molecular weight is 275 g/mol. The molecule has 3 N–H and O–H groups in total. The largest absolute Gasteiger partial charge is 0.371 e. The number of nitrogens with one attached hydrogen (secondary N) is 1. The Bertz CT molecular complexity index is 459. The molecule has 4 heteroatoms. The highest BCUT2D eigenvalue weighted by atomic mass is 16.1. The number of hydrogen-bond acceptors (Lipinski definition) is 3. The molecule has 1 aromatic carbocycles. The quantitative estimate of drug-likeness (QED) is 0.868. The predicted octanol–water partition coefficient (Wildman–Crippen LogP) is 2.74. The SMILES string of the molecule is CC(C)(N)CCC(=O)Nc1cccc(N2CCCC2)c1. The lowest BCUT2D eigenvalue weighted by Crippen LogP contribution is -2.33. The summed E-state index contributed by atoms with van der Waals surface area (Å²) in [7, 11) is 0. The molecule has 0 aliphatic carbocycles. The monoisotopic (exact) mass is 275 g/mol. The van der Waals surface area contributed by atoms with E-state index in [1.807, 2.05) is 26.0 Å². The minimum atomic E-state index is -0.297.